The van der Waals surface area contributed by atoms with Crippen molar-refractivity contribution < 1.29 is 34.2 Å². The van der Waals surface area contributed by atoms with Gasteiger partial charge in [-0.3, -0.25) is 19.2 Å². The Morgan fingerprint density at radius 3 is 2.59 bits per heavy atom. The first-order valence-electron chi connectivity index (χ1n) is 10.8. The minimum Gasteiger partial charge on any atom is -0.481 e. The van der Waals surface area contributed by atoms with Gasteiger partial charge in [-0.2, -0.15) is 0 Å². The average Bonchev–Trinajstić information content (AvgIpc) is 3.44. The van der Waals surface area contributed by atoms with Gasteiger partial charge in [-0.15, -0.1) is 0 Å². The van der Waals surface area contributed by atoms with Crippen LogP contribution in [0.25, 0.3) is 10.9 Å². The molecule has 0 spiro atoms. The summed E-state index contributed by atoms with van der Waals surface area (Å²) in [4.78, 5) is 64.4. The van der Waals surface area contributed by atoms with Crippen LogP contribution in [0.2, 0.25) is 0 Å². The number of aromatic nitrogens is 1. The lowest BCUT2D eigenvalue weighted by molar-refractivity contribution is -0.148. The summed E-state index contributed by atoms with van der Waals surface area (Å²) in [6.45, 7) is -0.157. The van der Waals surface area contributed by atoms with E-state index in [2.05, 4.69) is 15.6 Å². The van der Waals surface area contributed by atoms with Crippen molar-refractivity contribution in [3.8, 4) is 0 Å². The number of carbonyl (C=O) groups is 5. The number of carboxylic acid groups (broad SMARTS) is 2. The molecule has 1 saturated heterocycles. The van der Waals surface area contributed by atoms with E-state index in [0.29, 0.717) is 12.8 Å². The van der Waals surface area contributed by atoms with Crippen LogP contribution in [-0.4, -0.2) is 81.0 Å². The molecule has 1 aliphatic heterocycles. The van der Waals surface area contributed by atoms with Crippen LogP contribution < -0.4 is 16.4 Å². The number of carboxylic acids is 2. The van der Waals surface area contributed by atoms with Gasteiger partial charge in [0.1, 0.15) is 12.1 Å². The molecule has 1 aromatic carbocycles. The molecular weight excluding hydrogens is 446 g/mol. The number of hydrogen-bond acceptors (Lipinski definition) is 6. The van der Waals surface area contributed by atoms with Crippen LogP contribution in [0, 0.1) is 0 Å². The number of aromatic amines is 1. The Morgan fingerprint density at radius 2 is 1.88 bits per heavy atom. The number of rotatable bonds is 10. The lowest BCUT2D eigenvalue weighted by Gasteiger charge is -2.23. The highest BCUT2D eigenvalue weighted by molar-refractivity contribution is 5.94. The number of benzene rings is 1. The molecule has 182 valence electrons. The first-order chi connectivity index (χ1) is 16.2. The largest absolute Gasteiger partial charge is 0.481 e. The topological polar surface area (TPSA) is 195 Å². The number of carbonyl (C=O) groups excluding carboxylic acids is 3. The summed E-state index contributed by atoms with van der Waals surface area (Å²) < 4.78 is 0. The Morgan fingerprint density at radius 1 is 1.15 bits per heavy atom. The van der Waals surface area contributed by atoms with E-state index < -0.39 is 60.8 Å². The van der Waals surface area contributed by atoms with E-state index in [1.54, 1.807) is 6.20 Å². The van der Waals surface area contributed by atoms with Crippen molar-refractivity contribution >= 4 is 40.6 Å². The number of aliphatic carboxylic acids is 2. The van der Waals surface area contributed by atoms with Crippen molar-refractivity contribution in [3.05, 3.63) is 36.0 Å². The molecule has 3 atom stereocenters. The molecule has 34 heavy (non-hydrogen) atoms. The summed E-state index contributed by atoms with van der Waals surface area (Å²) >= 11 is 0. The fourth-order valence-corrected chi connectivity index (χ4v) is 4.00. The van der Waals surface area contributed by atoms with Crippen LogP contribution >= 0.6 is 0 Å². The molecule has 0 saturated carbocycles. The molecule has 0 radical (unpaired) electrons. The minimum absolute atomic E-state index is 0.0526. The second-order valence-corrected chi connectivity index (χ2v) is 8.13. The van der Waals surface area contributed by atoms with E-state index >= 15 is 0 Å². The van der Waals surface area contributed by atoms with Gasteiger partial charge in [-0.25, -0.2) is 4.79 Å². The predicted molar refractivity (Wildman–Crippen MR) is 120 cm³/mol. The SMILES string of the molecule is NC(CC(=O)O)C(=O)NC(Cc1c[nH]c2ccccc12)C(=O)NCC(=O)N1CCCC1C(=O)O. The molecule has 3 amide bonds. The Hall–Kier alpha value is -3.93. The number of nitrogens with zero attached hydrogens (tertiary/aromatic N) is 1. The van der Waals surface area contributed by atoms with Gasteiger partial charge >= 0.3 is 11.9 Å². The monoisotopic (exact) mass is 473 g/mol. The van der Waals surface area contributed by atoms with E-state index in [1.165, 1.54) is 4.90 Å². The highest BCUT2D eigenvalue weighted by Gasteiger charge is 2.34. The molecule has 0 bridgehead atoms. The van der Waals surface area contributed by atoms with Gasteiger partial charge in [-0.1, -0.05) is 18.2 Å². The predicted octanol–water partition coefficient (Wildman–Crippen LogP) is -0.811. The zero-order chi connectivity index (χ0) is 24.8. The molecule has 7 N–H and O–H groups in total. The maximum atomic E-state index is 12.9. The van der Waals surface area contributed by atoms with Crippen LogP contribution in [0.3, 0.4) is 0 Å². The van der Waals surface area contributed by atoms with Crippen molar-refractivity contribution in [3.63, 3.8) is 0 Å². The summed E-state index contributed by atoms with van der Waals surface area (Å²) in [5.41, 5.74) is 7.18. The molecule has 1 fully saturated rings. The third kappa shape index (κ3) is 5.90. The van der Waals surface area contributed by atoms with Crippen molar-refractivity contribution in [2.24, 2.45) is 5.73 Å². The van der Waals surface area contributed by atoms with Crippen LogP contribution in [0.4, 0.5) is 0 Å². The number of nitrogens with one attached hydrogen (secondary N) is 3. The highest BCUT2D eigenvalue weighted by Crippen LogP contribution is 2.20. The van der Waals surface area contributed by atoms with Gasteiger partial charge in [0.25, 0.3) is 0 Å². The molecule has 3 rings (SSSR count). The van der Waals surface area contributed by atoms with Crippen molar-refractivity contribution in [2.75, 3.05) is 13.1 Å². The second kappa shape index (κ2) is 10.8. The summed E-state index contributed by atoms with van der Waals surface area (Å²) in [5, 5.41) is 23.9. The first kappa shape index (κ1) is 24.7. The Balaban J connectivity index is 1.72. The van der Waals surface area contributed by atoms with E-state index in [0.717, 1.165) is 16.5 Å². The van der Waals surface area contributed by atoms with Crippen LogP contribution in [0.5, 0.6) is 0 Å². The number of amides is 3. The number of nitrogens with two attached hydrogens (primary N) is 1. The lowest BCUT2D eigenvalue weighted by Crippen LogP contribution is -2.54. The minimum atomic E-state index is -1.36. The normalized spacial score (nSPS) is 17.2. The van der Waals surface area contributed by atoms with E-state index in [9.17, 15) is 29.1 Å². The molecule has 2 aromatic rings. The summed E-state index contributed by atoms with van der Waals surface area (Å²) in [5.74, 6) is -4.41. The van der Waals surface area contributed by atoms with Crippen molar-refractivity contribution in [1.82, 2.24) is 20.5 Å². The van der Waals surface area contributed by atoms with Gasteiger partial charge in [0.05, 0.1) is 19.0 Å². The van der Waals surface area contributed by atoms with E-state index in [1.807, 2.05) is 24.3 Å². The lowest BCUT2D eigenvalue weighted by atomic mass is 10.0. The quantitative estimate of drug-likeness (QED) is 0.258. The van der Waals surface area contributed by atoms with Crippen LogP contribution in [0.15, 0.2) is 30.5 Å². The standard InChI is InChI=1S/C22H27N5O7/c23-14(9-19(29)30)20(31)26-16(8-12-10-24-15-5-2-1-4-13(12)15)21(32)25-11-18(28)27-7-3-6-17(27)22(33)34/h1-2,4-5,10,14,16-17,24H,3,6-9,11,23H2,(H,25,32)(H,26,31)(H,29,30)(H,33,34). The van der Waals surface area contributed by atoms with Gasteiger partial charge in [-0.05, 0) is 24.5 Å². The Kier molecular flexibility index (Phi) is 7.84. The van der Waals surface area contributed by atoms with Crippen molar-refractivity contribution in [1.29, 1.82) is 0 Å². The number of fused-ring (bicyclic) bond motifs is 1. The molecule has 1 aromatic heterocycles. The fraction of sp³-hybridized carbons (Fsp3) is 0.409. The second-order valence-electron chi connectivity index (χ2n) is 8.13. The molecule has 12 heteroatoms. The molecule has 1 aliphatic rings. The molecule has 0 aliphatic carbocycles. The third-order valence-corrected chi connectivity index (χ3v) is 5.74. The van der Waals surface area contributed by atoms with Gasteiger partial charge in [0, 0.05) is 30.1 Å². The number of para-hydroxylation sites is 1. The van der Waals surface area contributed by atoms with E-state index in [-0.39, 0.29) is 13.0 Å². The molecule has 12 nitrogen and oxygen atoms in total. The highest BCUT2D eigenvalue weighted by atomic mass is 16.4. The first-order valence-corrected chi connectivity index (χ1v) is 10.8. The number of hydrogen-bond donors (Lipinski definition) is 6. The van der Waals surface area contributed by atoms with Crippen LogP contribution in [0.1, 0.15) is 24.8 Å². The zero-order valence-electron chi connectivity index (χ0n) is 18.3. The summed E-state index contributed by atoms with van der Waals surface area (Å²) in [6, 6.07) is 3.92. The summed E-state index contributed by atoms with van der Waals surface area (Å²) in [6.07, 6.45) is 2.03. The number of H-pyrrole nitrogens is 1. The van der Waals surface area contributed by atoms with Gasteiger partial charge < -0.3 is 36.5 Å². The Labute approximate surface area is 194 Å². The maximum absolute atomic E-state index is 12.9. The van der Waals surface area contributed by atoms with E-state index in [4.69, 9.17) is 10.8 Å². The van der Waals surface area contributed by atoms with Gasteiger partial charge in [0.15, 0.2) is 0 Å². The summed E-state index contributed by atoms with van der Waals surface area (Å²) in [7, 11) is 0. The van der Waals surface area contributed by atoms with Gasteiger partial charge in [0.2, 0.25) is 17.7 Å². The molecule has 2 heterocycles. The van der Waals surface area contributed by atoms with Crippen LogP contribution in [-0.2, 0) is 30.4 Å². The Bertz CT molecular complexity index is 1100. The third-order valence-electron chi connectivity index (χ3n) is 5.74. The smallest absolute Gasteiger partial charge is 0.326 e. The number of likely N-dealkylation sites (tertiary alicyclic amines) is 1. The average molecular weight is 473 g/mol. The zero-order valence-corrected chi connectivity index (χ0v) is 18.3. The maximum Gasteiger partial charge on any atom is 0.326 e. The van der Waals surface area contributed by atoms with Crippen molar-refractivity contribution in [2.45, 2.75) is 43.8 Å². The molecular formula is C22H27N5O7. The fourth-order valence-electron chi connectivity index (χ4n) is 4.00. The molecule has 3 unspecified atom stereocenters.